The van der Waals surface area contributed by atoms with Crippen molar-refractivity contribution in [3.63, 3.8) is 0 Å². The van der Waals surface area contributed by atoms with E-state index in [0.29, 0.717) is 6.04 Å². The number of hydrogen-bond acceptors (Lipinski definition) is 3. The van der Waals surface area contributed by atoms with Gasteiger partial charge in [-0.2, -0.15) is 0 Å². The van der Waals surface area contributed by atoms with Gasteiger partial charge in [0.05, 0.1) is 0 Å². The third-order valence-corrected chi connectivity index (χ3v) is 1.20. The maximum atomic E-state index is 9.10. The fourth-order valence-electron chi connectivity index (χ4n) is 0.526. The zero-order chi connectivity index (χ0) is 10.9. The van der Waals surface area contributed by atoms with Crippen LogP contribution in [0, 0.1) is 0 Å². The summed E-state index contributed by atoms with van der Waals surface area (Å²) in [5.41, 5.74) is 5.48. The van der Waals surface area contributed by atoms with Gasteiger partial charge in [0.2, 0.25) is 0 Å². The van der Waals surface area contributed by atoms with Crippen molar-refractivity contribution in [3.05, 3.63) is 0 Å². The van der Waals surface area contributed by atoms with Gasteiger partial charge in [-0.1, -0.05) is 19.8 Å². The van der Waals surface area contributed by atoms with Gasteiger partial charge in [0.1, 0.15) is 0 Å². The highest BCUT2D eigenvalue weighted by atomic mass is 16.4. The summed E-state index contributed by atoms with van der Waals surface area (Å²) in [4.78, 5) is 18.2. The van der Waals surface area contributed by atoms with E-state index in [9.17, 15) is 0 Å². The summed E-state index contributed by atoms with van der Waals surface area (Å²) in [6.45, 7) is 4.23. The molecule has 0 bridgehead atoms. The second-order valence-electron chi connectivity index (χ2n) is 2.73. The molecule has 0 aromatic heterocycles. The molecule has 78 valence electrons. The number of unbranched alkanes of at least 4 members (excludes halogenated alkanes) is 1. The van der Waals surface area contributed by atoms with Crippen LogP contribution < -0.4 is 5.73 Å². The van der Waals surface area contributed by atoms with Crippen molar-refractivity contribution in [2.45, 2.75) is 39.2 Å². The molecular weight excluding hydrogens is 174 g/mol. The first-order chi connectivity index (χ1) is 5.91. The second kappa shape index (κ2) is 8.99. The molecule has 0 radical (unpaired) electrons. The van der Waals surface area contributed by atoms with Gasteiger partial charge in [0.25, 0.3) is 0 Å². The molecule has 0 spiro atoms. The molecule has 0 heterocycles. The summed E-state index contributed by atoms with van der Waals surface area (Å²) < 4.78 is 0. The number of carbonyl (C=O) groups is 2. The van der Waals surface area contributed by atoms with Gasteiger partial charge in [0, 0.05) is 6.04 Å². The number of hydrogen-bond donors (Lipinski definition) is 3. The molecule has 0 aliphatic carbocycles. The minimum atomic E-state index is -1.82. The highest BCUT2D eigenvalue weighted by Crippen LogP contribution is 1.95. The number of carboxylic acids is 2. The lowest BCUT2D eigenvalue weighted by atomic mass is 10.2. The first-order valence-corrected chi connectivity index (χ1v) is 4.13. The van der Waals surface area contributed by atoms with Gasteiger partial charge in [-0.05, 0) is 13.3 Å². The Hall–Kier alpha value is -1.10. The van der Waals surface area contributed by atoms with Crippen LogP contribution in [0.15, 0.2) is 0 Å². The van der Waals surface area contributed by atoms with Crippen LogP contribution in [0.3, 0.4) is 0 Å². The highest BCUT2D eigenvalue weighted by molar-refractivity contribution is 6.27. The van der Waals surface area contributed by atoms with Crippen LogP contribution in [0.4, 0.5) is 0 Å². The molecule has 0 aliphatic rings. The molecule has 5 nitrogen and oxygen atoms in total. The molecule has 0 aromatic carbocycles. The zero-order valence-electron chi connectivity index (χ0n) is 7.99. The van der Waals surface area contributed by atoms with E-state index in [1.165, 1.54) is 19.3 Å². The summed E-state index contributed by atoms with van der Waals surface area (Å²) in [5.74, 6) is -3.65. The molecule has 1 unspecified atom stereocenters. The lowest BCUT2D eigenvalue weighted by Crippen LogP contribution is -2.13. The van der Waals surface area contributed by atoms with Gasteiger partial charge in [-0.15, -0.1) is 0 Å². The van der Waals surface area contributed by atoms with E-state index in [0.717, 1.165) is 0 Å². The van der Waals surface area contributed by atoms with Crippen molar-refractivity contribution in [2.75, 3.05) is 0 Å². The smallest absolute Gasteiger partial charge is 0.414 e. The number of carboxylic acid groups (broad SMARTS) is 2. The van der Waals surface area contributed by atoms with Crippen LogP contribution >= 0.6 is 0 Å². The average molecular weight is 191 g/mol. The van der Waals surface area contributed by atoms with Crippen molar-refractivity contribution >= 4 is 11.9 Å². The quantitative estimate of drug-likeness (QED) is 0.569. The van der Waals surface area contributed by atoms with E-state index < -0.39 is 11.9 Å². The van der Waals surface area contributed by atoms with E-state index in [1.807, 2.05) is 0 Å². The van der Waals surface area contributed by atoms with Crippen LogP contribution in [0.1, 0.15) is 33.1 Å². The highest BCUT2D eigenvalue weighted by Gasteiger charge is 2.04. The monoisotopic (exact) mass is 191 g/mol. The van der Waals surface area contributed by atoms with Crippen LogP contribution in [0.5, 0.6) is 0 Å². The summed E-state index contributed by atoms with van der Waals surface area (Å²) in [6.07, 6.45) is 3.72. The van der Waals surface area contributed by atoms with Gasteiger partial charge in [-0.25, -0.2) is 9.59 Å². The summed E-state index contributed by atoms with van der Waals surface area (Å²) >= 11 is 0. The number of rotatable bonds is 3. The predicted molar refractivity (Wildman–Crippen MR) is 48.4 cm³/mol. The molecule has 5 heteroatoms. The van der Waals surface area contributed by atoms with Gasteiger partial charge >= 0.3 is 11.9 Å². The fourth-order valence-corrected chi connectivity index (χ4v) is 0.526. The summed E-state index contributed by atoms with van der Waals surface area (Å²) in [7, 11) is 0. The Bertz CT molecular complexity index is 144. The lowest BCUT2D eigenvalue weighted by molar-refractivity contribution is -0.159. The van der Waals surface area contributed by atoms with E-state index >= 15 is 0 Å². The minimum absolute atomic E-state index is 0.403. The van der Waals surface area contributed by atoms with Crippen molar-refractivity contribution in [1.82, 2.24) is 0 Å². The maximum absolute atomic E-state index is 9.10. The Morgan fingerprint density at radius 3 is 1.77 bits per heavy atom. The lowest BCUT2D eigenvalue weighted by Gasteiger charge is -1.99. The van der Waals surface area contributed by atoms with E-state index in [-0.39, 0.29) is 0 Å². The van der Waals surface area contributed by atoms with Crippen molar-refractivity contribution in [2.24, 2.45) is 5.73 Å². The fraction of sp³-hybridized carbons (Fsp3) is 0.750. The first kappa shape index (κ1) is 14.4. The minimum Gasteiger partial charge on any atom is -0.473 e. The topological polar surface area (TPSA) is 101 Å². The van der Waals surface area contributed by atoms with Crippen molar-refractivity contribution < 1.29 is 19.8 Å². The van der Waals surface area contributed by atoms with Gasteiger partial charge < -0.3 is 15.9 Å². The average Bonchev–Trinajstić information content (AvgIpc) is 2.01. The number of nitrogens with two attached hydrogens (primary N) is 1. The molecule has 0 saturated carbocycles. The molecule has 13 heavy (non-hydrogen) atoms. The molecule has 0 rings (SSSR count). The maximum Gasteiger partial charge on any atom is 0.414 e. The van der Waals surface area contributed by atoms with E-state index in [1.54, 1.807) is 0 Å². The Balaban J connectivity index is 0. The molecule has 0 fully saturated rings. The Morgan fingerprint density at radius 2 is 1.69 bits per heavy atom. The molecule has 4 N–H and O–H groups in total. The van der Waals surface area contributed by atoms with Crippen molar-refractivity contribution in [3.8, 4) is 0 Å². The summed E-state index contributed by atoms with van der Waals surface area (Å²) in [5, 5.41) is 14.8. The zero-order valence-corrected chi connectivity index (χ0v) is 7.99. The third kappa shape index (κ3) is 18.1. The number of aliphatic carboxylic acids is 2. The van der Waals surface area contributed by atoms with Crippen molar-refractivity contribution in [1.29, 1.82) is 0 Å². The predicted octanol–water partition coefficient (Wildman–Crippen LogP) is 0.679. The summed E-state index contributed by atoms with van der Waals surface area (Å²) in [6, 6.07) is 0.403. The van der Waals surface area contributed by atoms with E-state index in [4.69, 9.17) is 25.5 Å². The Kier molecular flexibility index (Phi) is 9.98. The molecule has 0 amide bonds. The largest absolute Gasteiger partial charge is 0.473 e. The second-order valence-corrected chi connectivity index (χ2v) is 2.73. The molecular formula is C8H17NO4. The Morgan fingerprint density at radius 1 is 1.31 bits per heavy atom. The Labute approximate surface area is 77.6 Å². The molecule has 0 aliphatic heterocycles. The van der Waals surface area contributed by atoms with Gasteiger partial charge in [0.15, 0.2) is 0 Å². The molecule has 0 saturated heterocycles. The normalized spacial score (nSPS) is 11.0. The van der Waals surface area contributed by atoms with Crippen LogP contribution in [0.25, 0.3) is 0 Å². The van der Waals surface area contributed by atoms with E-state index in [2.05, 4.69) is 13.8 Å². The first-order valence-electron chi connectivity index (χ1n) is 4.13. The molecule has 0 aromatic rings. The van der Waals surface area contributed by atoms with Crippen LogP contribution in [-0.2, 0) is 9.59 Å². The van der Waals surface area contributed by atoms with Crippen LogP contribution in [-0.4, -0.2) is 28.2 Å². The standard InChI is InChI=1S/C6H15N.C2H2O4/c1-3-4-5-6(2)7;3-1(4)2(5)6/h6H,3-5,7H2,1-2H3;(H,3,4)(H,5,6). The van der Waals surface area contributed by atoms with Crippen LogP contribution in [0.2, 0.25) is 0 Å². The molecule has 1 atom stereocenters. The van der Waals surface area contributed by atoms with Gasteiger partial charge in [-0.3, -0.25) is 0 Å². The SMILES string of the molecule is CCCCC(C)N.O=C(O)C(=O)O. The third-order valence-electron chi connectivity index (χ3n) is 1.20.